The molecule has 1 saturated heterocycles. The second-order valence-corrected chi connectivity index (χ2v) is 13.5. The van der Waals surface area contributed by atoms with E-state index >= 15 is 0 Å². The number of aliphatic imine (C=N–C) groups is 1. The van der Waals surface area contributed by atoms with Crippen LogP contribution in [0.5, 0.6) is 5.75 Å². The third-order valence-electron chi connectivity index (χ3n) is 10.7. The molecule has 7 rings (SSSR count). The van der Waals surface area contributed by atoms with Crippen LogP contribution < -0.4 is 20.7 Å². The normalized spacial score (nSPS) is 30.6. The molecule has 0 aromatic heterocycles. The number of nitrogens with one attached hydrogen (secondary N) is 3. The van der Waals surface area contributed by atoms with Gasteiger partial charge in [-0.05, 0) is 104 Å². The Labute approximate surface area is 245 Å². The molecule has 2 bridgehead atoms. The number of guanidine groups is 1. The van der Waals surface area contributed by atoms with Gasteiger partial charge in [0.1, 0.15) is 5.75 Å². The molecule has 3 saturated carbocycles. The fourth-order valence-corrected chi connectivity index (χ4v) is 7.96. The van der Waals surface area contributed by atoms with Crippen molar-refractivity contribution in [2.24, 2.45) is 28.2 Å². The van der Waals surface area contributed by atoms with Crippen LogP contribution in [0, 0.1) is 23.2 Å². The summed E-state index contributed by atoms with van der Waals surface area (Å²) in [6, 6.07) is 15.0. The van der Waals surface area contributed by atoms with Gasteiger partial charge in [-0.25, -0.2) is 4.99 Å². The summed E-state index contributed by atoms with van der Waals surface area (Å²) in [5, 5.41) is 10.5. The summed E-state index contributed by atoms with van der Waals surface area (Å²) >= 11 is 0. The third kappa shape index (κ3) is 5.57. The van der Waals surface area contributed by atoms with Gasteiger partial charge in [0.2, 0.25) is 0 Å². The Morgan fingerprint density at radius 1 is 1.12 bits per heavy atom. The van der Waals surface area contributed by atoms with Crippen molar-refractivity contribution in [3.8, 4) is 5.75 Å². The molecule has 7 heteroatoms. The minimum absolute atomic E-state index is 0.0180. The number of ether oxygens (including phenoxy) is 1. The number of methoxy groups -OCH3 is 1. The Kier molecular flexibility index (Phi) is 7.75. The van der Waals surface area contributed by atoms with Crippen molar-refractivity contribution < 1.29 is 9.53 Å². The summed E-state index contributed by atoms with van der Waals surface area (Å²) < 4.78 is 5.54. The lowest BCUT2D eigenvalue weighted by molar-refractivity contribution is -0.108. The van der Waals surface area contributed by atoms with Gasteiger partial charge in [-0.2, -0.15) is 0 Å². The minimum Gasteiger partial charge on any atom is -0.496 e. The number of nitrogens with zero attached hydrogens (tertiary/aromatic N) is 2. The van der Waals surface area contributed by atoms with E-state index < -0.39 is 0 Å². The zero-order chi connectivity index (χ0) is 28.7. The van der Waals surface area contributed by atoms with Crippen LogP contribution in [-0.4, -0.2) is 61.6 Å². The maximum absolute atomic E-state index is 13.2. The smallest absolute Gasteiger partial charge is 0.251 e. The highest BCUT2D eigenvalue weighted by Crippen LogP contribution is 2.61. The number of carbonyl (C=O) groups is 1. The molecule has 1 aliphatic heterocycles. The van der Waals surface area contributed by atoms with Gasteiger partial charge in [0.15, 0.2) is 5.96 Å². The van der Waals surface area contributed by atoms with E-state index in [0.29, 0.717) is 29.0 Å². The molecule has 3 N–H and O–H groups in total. The van der Waals surface area contributed by atoms with Crippen LogP contribution in [0.3, 0.4) is 0 Å². The van der Waals surface area contributed by atoms with Crippen LogP contribution in [0.4, 0.5) is 5.69 Å². The maximum atomic E-state index is 13.2. The molecule has 4 fully saturated rings. The second-order valence-electron chi connectivity index (χ2n) is 13.5. The highest BCUT2D eigenvalue weighted by atomic mass is 16.5. The Morgan fingerprint density at radius 3 is 2.63 bits per heavy atom. The molecular weight excluding hydrogens is 510 g/mol. The summed E-state index contributed by atoms with van der Waals surface area (Å²) in [6.45, 7) is 12.4. The minimum atomic E-state index is -0.0180. The third-order valence-corrected chi connectivity index (χ3v) is 10.7. The first kappa shape index (κ1) is 28.1. The van der Waals surface area contributed by atoms with Gasteiger partial charge in [0, 0.05) is 43.0 Å². The summed E-state index contributed by atoms with van der Waals surface area (Å²) in [7, 11) is 1.72. The number of rotatable bonds is 5. The Bertz CT molecular complexity index is 1290. The summed E-state index contributed by atoms with van der Waals surface area (Å²) in [4.78, 5) is 21.0. The number of carbonyl (C=O) groups excluding carboxylic acids is 1. The molecule has 1 heterocycles. The van der Waals surface area contributed by atoms with E-state index in [1.165, 1.54) is 24.0 Å². The fraction of sp³-hybridized carbons (Fsp3) is 0.588. The lowest BCUT2D eigenvalue weighted by atomic mass is 9.45. The predicted molar refractivity (Wildman–Crippen MR) is 166 cm³/mol. The fourth-order valence-electron chi connectivity index (χ4n) is 7.96. The van der Waals surface area contributed by atoms with Crippen molar-refractivity contribution in [2.75, 3.05) is 32.1 Å². The lowest BCUT2D eigenvalue weighted by Crippen LogP contribution is -2.57. The van der Waals surface area contributed by atoms with E-state index in [-0.39, 0.29) is 11.9 Å². The summed E-state index contributed by atoms with van der Waals surface area (Å²) in [6.07, 6.45) is 5.20. The Hall–Kier alpha value is -3.06. The van der Waals surface area contributed by atoms with E-state index in [2.05, 4.69) is 54.6 Å². The van der Waals surface area contributed by atoms with Crippen molar-refractivity contribution in [3.05, 3.63) is 59.2 Å². The molecule has 1 amide bonds. The Morgan fingerprint density at radius 2 is 1.93 bits per heavy atom. The SMILES string of the molecule is COc1cccc2c1CC[C@H](NC(=O)c1ccc(NC(=N[C@H]3C[C@H]4C[C@@H]([C@@H]3C)C4(C)C)N3CCN[C@@H](C)C3)cc1)C2. The van der Waals surface area contributed by atoms with Gasteiger partial charge in [-0.1, -0.05) is 32.9 Å². The zero-order valence-corrected chi connectivity index (χ0v) is 25.4. The summed E-state index contributed by atoms with van der Waals surface area (Å²) in [5.74, 6) is 4.03. The quantitative estimate of drug-likeness (QED) is 0.352. The molecule has 0 unspecified atom stereocenters. The van der Waals surface area contributed by atoms with Crippen molar-refractivity contribution in [3.63, 3.8) is 0 Å². The first-order valence-electron chi connectivity index (χ1n) is 15.6. The van der Waals surface area contributed by atoms with Crippen LogP contribution in [0.15, 0.2) is 47.5 Å². The Balaban J connectivity index is 1.13. The van der Waals surface area contributed by atoms with Gasteiger partial charge in [-0.15, -0.1) is 0 Å². The molecule has 41 heavy (non-hydrogen) atoms. The molecule has 6 atom stereocenters. The van der Waals surface area contributed by atoms with Crippen molar-refractivity contribution in [1.29, 1.82) is 0 Å². The molecule has 5 aliphatic rings. The van der Waals surface area contributed by atoms with Gasteiger partial charge < -0.3 is 25.6 Å². The maximum Gasteiger partial charge on any atom is 0.251 e. The van der Waals surface area contributed by atoms with E-state index in [0.717, 1.165) is 68.1 Å². The summed E-state index contributed by atoms with van der Waals surface area (Å²) in [5.41, 5.74) is 4.65. The average Bonchev–Trinajstić information content (AvgIpc) is 2.97. The molecule has 0 spiro atoms. The van der Waals surface area contributed by atoms with Crippen LogP contribution in [0.1, 0.15) is 68.4 Å². The predicted octanol–water partition coefficient (Wildman–Crippen LogP) is 5.11. The number of anilines is 1. The van der Waals surface area contributed by atoms with Crippen LogP contribution in [0.2, 0.25) is 0 Å². The first-order chi connectivity index (χ1) is 19.7. The van der Waals surface area contributed by atoms with Crippen molar-refractivity contribution >= 4 is 17.6 Å². The van der Waals surface area contributed by atoms with Gasteiger partial charge in [-0.3, -0.25) is 4.79 Å². The molecule has 2 aromatic carbocycles. The van der Waals surface area contributed by atoms with E-state index in [1.54, 1.807) is 7.11 Å². The average molecular weight is 558 g/mol. The number of hydrogen-bond acceptors (Lipinski definition) is 4. The zero-order valence-electron chi connectivity index (χ0n) is 25.4. The molecule has 7 nitrogen and oxygen atoms in total. The molecule has 2 aromatic rings. The second kappa shape index (κ2) is 11.3. The molecular formula is C34H47N5O2. The van der Waals surface area contributed by atoms with Crippen LogP contribution in [0.25, 0.3) is 0 Å². The molecule has 0 radical (unpaired) electrons. The monoisotopic (exact) mass is 557 g/mol. The molecule has 220 valence electrons. The van der Waals surface area contributed by atoms with Gasteiger partial charge >= 0.3 is 0 Å². The standard InChI is InChI=1S/C34H47N5O2/c1-21-20-39(16-15-35-21)33(38-30-19-25-18-29(22(30)2)34(25,3)4)37-26-11-9-23(10-12-26)32(40)36-27-13-14-28-24(17-27)7-6-8-31(28)41-5/h6-12,21-22,25,27,29-30,35H,13-20H2,1-5H3,(H,36,40)(H,37,38)/t21-,22-,25+,27-,29-,30-/m0/s1. The van der Waals surface area contributed by atoms with Gasteiger partial charge in [0.05, 0.1) is 13.2 Å². The van der Waals surface area contributed by atoms with E-state index in [4.69, 9.17) is 9.73 Å². The highest BCUT2D eigenvalue weighted by molar-refractivity contribution is 5.97. The van der Waals surface area contributed by atoms with Crippen LogP contribution >= 0.6 is 0 Å². The number of benzene rings is 2. The number of amides is 1. The highest BCUT2D eigenvalue weighted by Gasteiger charge is 2.56. The van der Waals surface area contributed by atoms with Crippen molar-refractivity contribution in [2.45, 2.75) is 77.9 Å². The van der Waals surface area contributed by atoms with Gasteiger partial charge in [0.25, 0.3) is 5.91 Å². The number of fused-ring (bicyclic) bond motifs is 3. The first-order valence-corrected chi connectivity index (χ1v) is 15.6. The topological polar surface area (TPSA) is 78.0 Å². The largest absolute Gasteiger partial charge is 0.496 e. The number of piperazine rings is 1. The number of hydrogen-bond donors (Lipinski definition) is 3. The van der Waals surface area contributed by atoms with Crippen LogP contribution in [-0.2, 0) is 12.8 Å². The van der Waals surface area contributed by atoms with E-state index in [9.17, 15) is 4.79 Å². The molecule has 4 aliphatic carbocycles. The van der Waals surface area contributed by atoms with Crippen molar-refractivity contribution in [1.82, 2.24) is 15.5 Å². The lowest BCUT2D eigenvalue weighted by Gasteiger charge is -2.61. The van der Waals surface area contributed by atoms with E-state index in [1.807, 2.05) is 36.4 Å².